The van der Waals surface area contributed by atoms with Gasteiger partial charge in [-0.2, -0.15) is 0 Å². The predicted octanol–water partition coefficient (Wildman–Crippen LogP) is 1.79. The first kappa shape index (κ1) is 16.6. The van der Waals surface area contributed by atoms with Gasteiger partial charge in [-0.25, -0.2) is 9.59 Å². The monoisotopic (exact) mass is 313 g/mol. The van der Waals surface area contributed by atoms with Crippen molar-refractivity contribution < 1.29 is 29.0 Å². The Bertz CT molecular complexity index is 499. The molecule has 2 heterocycles. The van der Waals surface area contributed by atoms with Crippen molar-refractivity contribution in [3.63, 3.8) is 0 Å². The van der Waals surface area contributed by atoms with Crippen LogP contribution >= 0.6 is 0 Å². The number of carbonyl (C=O) groups excluding carboxylic acids is 2. The van der Waals surface area contributed by atoms with Crippen LogP contribution in [0, 0.1) is 5.41 Å². The fourth-order valence-corrected chi connectivity index (χ4v) is 3.39. The van der Waals surface area contributed by atoms with Crippen molar-refractivity contribution in [1.82, 2.24) is 4.90 Å². The fourth-order valence-electron chi connectivity index (χ4n) is 3.39. The number of ether oxygens (including phenoxy) is 2. The molecule has 0 spiro atoms. The molecule has 1 N–H and O–H groups in total. The zero-order valence-electron chi connectivity index (χ0n) is 13.5. The van der Waals surface area contributed by atoms with Gasteiger partial charge in [0, 0.05) is 6.54 Å². The average molecular weight is 313 g/mol. The molecule has 1 aliphatic carbocycles. The molecule has 0 aromatic carbocycles. The molecule has 22 heavy (non-hydrogen) atoms. The number of esters is 1. The molecule has 2 aliphatic heterocycles. The molecule has 7 nitrogen and oxygen atoms in total. The molecule has 3 aliphatic rings. The third kappa shape index (κ3) is 2.53. The Kier molecular flexibility index (Phi) is 3.87. The number of rotatable bonds is 2. The van der Waals surface area contributed by atoms with Gasteiger partial charge in [0.1, 0.15) is 11.1 Å². The summed E-state index contributed by atoms with van der Waals surface area (Å²) in [6.45, 7) is 5.19. The van der Waals surface area contributed by atoms with Crippen LogP contribution < -0.4 is 0 Å². The summed E-state index contributed by atoms with van der Waals surface area (Å²) in [5.41, 5.74) is -2.83. The maximum atomic E-state index is 12.5. The summed E-state index contributed by atoms with van der Waals surface area (Å²) in [6.07, 6.45) is 0.590. The largest absolute Gasteiger partial charge is 0.479 e. The summed E-state index contributed by atoms with van der Waals surface area (Å²) in [4.78, 5) is 37.6. The van der Waals surface area contributed by atoms with E-state index in [1.54, 1.807) is 20.8 Å². The number of methoxy groups -OCH3 is 1. The number of aliphatic carboxylic acids is 1. The van der Waals surface area contributed by atoms with E-state index in [2.05, 4.69) is 0 Å². The van der Waals surface area contributed by atoms with Gasteiger partial charge in [0.2, 0.25) is 0 Å². The summed E-state index contributed by atoms with van der Waals surface area (Å²) >= 11 is 0. The minimum absolute atomic E-state index is 0.0287. The van der Waals surface area contributed by atoms with Gasteiger partial charge in [-0.1, -0.05) is 0 Å². The van der Waals surface area contributed by atoms with E-state index in [4.69, 9.17) is 9.47 Å². The van der Waals surface area contributed by atoms with Gasteiger partial charge in [0.15, 0.2) is 0 Å². The lowest BCUT2D eigenvalue weighted by atomic mass is 9.62. The molecule has 1 saturated carbocycles. The van der Waals surface area contributed by atoms with E-state index in [0.717, 1.165) is 0 Å². The lowest BCUT2D eigenvalue weighted by Gasteiger charge is -2.55. The first-order valence-electron chi connectivity index (χ1n) is 7.39. The van der Waals surface area contributed by atoms with Gasteiger partial charge in [0.05, 0.1) is 12.5 Å². The highest BCUT2D eigenvalue weighted by atomic mass is 16.6. The first-order chi connectivity index (χ1) is 10.1. The standard InChI is InChI=1S/C15H23NO6/c1-13(2,3)22-12(20)16-9-14(11(19)21-4)5-7-15(16,8-6-14)10(17)18/h5-9H2,1-4H3,(H,17,18). The minimum atomic E-state index is -1.28. The van der Waals surface area contributed by atoms with Crippen LogP contribution in [0.1, 0.15) is 46.5 Å². The van der Waals surface area contributed by atoms with Gasteiger partial charge in [0.25, 0.3) is 0 Å². The van der Waals surface area contributed by atoms with Crippen LogP contribution in [-0.4, -0.2) is 52.8 Å². The molecule has 124 valence electrons. The third-order valence-corrected chi connectivity index (χ3v) is 4.64. The third-order valence-electron chi connectivity index (χ3n) is 4.64. The van der Waals surface area contributed by atoms with Gasteiger partial charge in [-0.15, -0.1) is 0 Å². The van der Waals surface area contributed by atoms with E-state index in [9.17, 15) is 19.5 Å². The summed E-state index contributed by atoms with van der Waals surface area (Å²) in [7, 11) is 1.31. The number of nitrogens with zero attached hydrogens (tertiary/aromatic N) is 1. The molecule has 3 fully saturated rings. The van der Waals surface area contributed by atoms with E-state index >= 15 is 0 Å². The maximum Gasteiger partial charge on any atom is 0.411 e. The molecular formula is C15H23NO6. The minimum Gasteiger partial charge on any atom is -0.479 e. The van der Waals surface area contributed by atoms with Crippen LogP contribution in [0.4, 0.5) is 4.79 Å². The zero-order valence-corrected chi connectivity index (χ0v) is 13.5. The maximum absolute atomic E-state index is 12.5. The van der Waals surface area contributed by atoms with E-state index in [1.165, 1.54) is 12.0 Å². The van der Waals surface area contributed by atoms with Crippen LogP contribution in [0.2, 0.25) is 0 Å². The Morgan fingerprint density at radius 1 is 1.09 bits per heavy atom. The number of fused-ring (bicyclic) bond motifs is 3. The van der Waals surface area contributed by atoms with Crippen molar-refractivity contribution in [2.24, 2.45) is 5.41 Å². The average Bonchev–Trinajstić information content (AvgIpc) is 2.45. The molecule has 0 aromatic rings. The van der Waals surface area contributed by atoms with Crippen LogP contribution in [0.3, 0.4) is 0 Å². The summed E-state index contributed by atoms with van der Waals surface area (Å²) < 4.78 is 10.2. The molecule has 3 rings (SSSR count). The quantitative estimate of drug-likeness (QED) is 0.781. The molecule has 0 radical (unpaired) electrons. The summed E-state index contributed by atoms with van der Waals surface area (Å²) in [5, 5.41) is 9.65. The number of hydrogen-bond acceptors (Lipinski definition) is 5. The number of amides is 1. The van der Waals surface area contributed by atoms with Crippen molar-refractivity contribution in [3.05, 3.63) is 0 Å². The molecule has 7 heteroatoms. The van der Waals surface area contributed by atoms with Crippen LogP contribution in [0.15, 0.2) is 0 Å². The molecule has 0 atom stereocenters. The number of carboxylic acid groups (broad SMARTS) is 1. The molecule has 0 aromatic heterocycles. The summed E-state index contributed by atoms with van der Waals surface area (Å²) in [5.74, 6) is -1.43. The van der Waals surface area contributed by atoms with E-state index in [-0.39, 0.29) is 25.4 Å². The van der Waals surface area contributed by atoms with E-state index < -0.39 is 28.6 Å². The predicted molar refractivity (Wildman–Crippen MR) is 76.2 cm³/mol. The van der Waals surface area contributed by atoms with Gasteiger partial charge in [-0.3, -0.25) is 9.69 Å². The zero-order chi connectivity index (χ0) is 16.8. The first-order valence-corrected chi connectivity index (χ1v) is 7.39. The number of piperidine rings is 2. The van der Waals surface area contributed by atoms with Gasteiger partial charge >= 0.3 is 18.0 Å². The van der Waals surface area contributed by atoms with E-state index in [1.807, 2.05) is 0 Å². The second kappa shape index (κ2) is 5.14. The normalized spacial score (nSPS) is 30.8. The van der Waals surface area contributed by atoms with Crippen LogP contribution in [-0.2, 0) is 19.1 Å². The number of hydrogen-bond donors (Lipinski definition) is 1. The number of carbonyl (C=O) groups is 3. The van der Waals surface area contributed by atoms with Crippen molar-refractivity contribution in [3.8, 4) is 0 Å². The highest BCUT2D eigenvalue weighted by molar-refractivity contribution is 5.88. The van der Waals surface area contributed by atoms with Crippen LogP contribution in [0.5, 0.6) is 0 Å². The van der Waals surface area contributed by atoms with E-state index in [0.29, 0.717) is 12.8 Å². The topological polar surface area (TPSA) is 93.1 Å². The SMILES string of the molecule is COC(=O)C12CCC(C(=O)O)(CC1)N(C(=O)OC(C)(C)C)C2. The highest BCUT2D eigenvalue weighted by Gasteiger charge is 2.62. The fraction of sp³-hybridized carbons (Fsp3) is 0.800. The number of carboxylic acids is 1. The molecule has 0 unspecified atom stereocenters. The molecular weight excluding hydrogens is 290 g/mol. The summed E-state index contributed by atoms with van der Waals surface area (Å²) in [6, 6.07) is 0. The Morgan fingerprint density at radius 2 is 1.64 bits per heavy atom. The van der Waals surface area contributed by atoms with Crippen molar-refractivity contribution in [1.29, 1.82) is 0 Å². The molecule has 1 amide bonds. The lowest BCUT2D eigenvalue weighted by molar-refractivity contribution is -0.180. The highest BCUT2D eigenvalue weighted by Crippen LogP contribution is 2.51. The molecule has 2 bridgehead atoms. The molecule has 2 saturated heterocycles. The Hall–Kier alpha value is -1.79. The Balaban J connectivity index is 2.34. The second-order valence-corrected chi connectivity index (χ2v) is 7.18. The second-order valence-electron chi connectivity index (χ2n) is 7.18. The van der Waals surface area contributed by atoms with Crippen molar-refractivity contribution in [2.75, 3.05) is 13.7 Å². The van der Waals surface area contributed by atoms with Crippen molar-refractivity contribution in [2.45, 2.75) is 57.6 Å². The van der Waals surface area contributed by atoms with Gasteiger partial charge < -0.3 is 14.6 Å². The van der Waals surface area contributed by atoms with Crippen molar-refractivity contribution >= 4 is 18.0 Å². The Morgan fingerprint density at radius 3 is 2.05 bits per heavy atom. The Labute approximate surface area is 129 Å². The van der Waals surface area contributed by atoms with Gasteiger partial charge in [-0.05, 0) is 46.5 Å². The smallest absolute Gasteiger partial charge is 0.411 e. The lowest BCUT2D eigenvalue weighted by Crippen LogP contribution is -2.69. The van der Waals surface area contributed by atoms with Crippen LogP contribution in [0.25, 0.3) is 0 Å².